The highest BCUT2D eigenvalue weighted by molar-refractivity contribution is 5.89. The van der Waals surface area contributed by atoms with Crippen LogP contribution in [-0.2, 0) is 11.3 Å². The highest BCUT2D eigenvalue weighted by Gasteiger charge is 2.12. The van der Waals surface area contributed by atoms with Crippen molar-refractivity contribution in [3.63, 3.8) is 0 Å². The van der Waals surface area contributed by atoms with Crippen LogP contribution < -0.4 is 5.32 Å². The second-order valence-corrected chi connectivity index (χ2v) is 5.03. The first-order chi connectivity index (χ1) is 9.70. The predicted molar refractivity (Wildman–Crippen MR) is 75.1 cm³/mol. The van der Waals surface area contributed by atoms with E-state index in [4.69, 9.17) is 0 Å². The van der Waals surface area contributed by atoms with Gasteiger partial charge >= 0.3 is 5.97 Å². The van der Waals surface area contributed by atoms with Crippen LogP contribution in [0.2, 0.25) is 0 Å². The van der Waals surface area contributed by atoms with Gasteiger partial charge in [-0.25, -0.2) is 9.18 Å². The van der Waals surface area contributed by atoms with Crippen molar-refractivity contribution in [1.82, 2.24) is 10.2 Å². The molecule has 1 N–H and O–H groups in total. The van der Waals surface area contributed by atoms with Gasteiger partial charge < -0.3 is 15.0 Å². The molecular weight excluding hydrogens is 259 g/mol. The molecule has 1 heterocycles. The summed E-state index contributed by atoms with van der Waals surface area (Å²) >= 11 is 0. The molecule has 1 aliphatic heterocycles. The van der Waals surface area contributed by atoms with Gasteiger partial charge in [-0.05, 0) is 43.6 Å². The number of benzene rings is 1. The maximum Gasteiger partial charge on any atom is 0.340 e. The molecule has 1 fully saturated rings. The number of hydrogen-bond acceptors (Lipinski definition) is 4. The number of methoxy groups -OCH3 is 1. The summed E-state index contributed by atoms with van der Waals surface area (Å²) in [6.45, 7) is 4.89. The zero-order valence-corrected chi connectivity index (χ0v) is 11.8. The zero-order valence-electron chi connectivity index (χ0n) is 11.8. The van der Waals surface area contributed by atoms with Crippen LogP contribution in [0.3, 0.4) is 0 Å². The SMILES string of the molecule is COC(=O)c1ccc(CNCCN2CCCC2)cc1F. The summed E-state index contributed by atoms with van der Waals surface area (Å²) in [5, 5.41) is 3.29. The third kappa shape index (κ3) is 4.02. The molecule has 0 radical (unpaired) electrons. The molecule has 5 heteroatoms. The number of ether oxygens (including phenoxy) is 1. The number of esters is 1. The van der Waals surface area contributed by atoms with Gasteiger partial charge in [0.1, 0.15) is 5.82 Å². The van der Waals surface area contributed by atoms with Crippen molar-refractivity contribution in [1.29, 1.82) is 0 Å². The molecule has 2 rings (SSSR count). The molecule has 0 unspecified atom stereocenters. The predicted octanol–water partition coefficient (Wildman–Crippen LogP) is 1.80. The Bertz CT molecular complexity index is 459. The third-order valence-corrected chi connectivity index (χ3v) is 3.57. The van der Waals surface area contributed by atoms with E-state index >= 15 is 0 Å². The van der Waals surface area contributed by atoms with Crippen molar-refractivity contribution in [2.24, 2.45) is 0 Å². The summed E-state index contributed by atoms with van der Waals surface area (Å²) in [6, 6.07) is 4.60. The zero-order chi connectivity index (χ0) is 14.4. The maximum absolute atomic E-state index is 13.7. The third-order valence-electron chi connectivity index (χ3n) is 3.57. The van der Waals surface area contributed by atoms with Crippen molar-refractivity contribution in [3.05, 3.63) is 35.1 Å². The summed E-state index contributed by atoms with van der Waals surface area (Å²) in [7, 11) is 1.25. The van der Waals surface area contributed by atoms with Gasteiger partial charge in [-0.3, -0.25) is 0 Å². The summed E-state index contributed by atoms with van der Waals surface area (Å²) in [4.78, 5) is 13.7. The van der Waals surface area contributed by atoms with Crippen molar-refractivity contribution in [2.75, 3.05) is 33.3 Å². The molecule has 4 nitrogen and oxygen atoms in total. The molecule has 0 spiro atoms. The Kier molecular flexibility index (Phi) is 5.49. The molecule has 20 heavy (non-hydrogen) atoms. The van der Waals surface area contributed by atoms with E-state index in [0.29, 0.717) is 6.54 Å². The van der Waals surface area contributed by atoms with Crippen LogP contribution in [0, 0.1) is 5.82 Å². The van der Waals surface area contributed by atoms with Crippen LogP contribution in [-0.4, -0.2) is 44.2 Å². The van der Waals surface area contributed by atoms with E-state index in [9.17, 15) is 9.18 Å². The minimum Gasteiger partial charge on any atom is -0.465 e. The Hall–Kier alpha value is -1.46. The number of nitrogens with zero attached hydrogens (tertiary/aromatic N) is 1. The van der Waals surface area contributed by atoms with Crippen LogP contribution >= 0.6 is 0 Å². The van der Waals surface area contributed by atoms with Gasteiger partial charge in [-0.15, -0.1) is 0 Å². The smallest absolute Gasteiger partial charge is 0.340 e. The molecule has 0 aliphatic carbocycles. The molecule has 0 aromatic heterocycles. The number of likely N-dealkylation sites (tertiary alicyclic amines) is 1. The van der Waals surface area contributed by atoms with Crippen LogP contribution in [0.4, 0.5) is 4.39 Å². The summed E-state index contributed by atoms with van der Waals surface area (Å²) in [5.41, 5.74) is 0.810. The van der Waals surface area contributed by atoms with Crippen LogP contribution in [0.25, 0.3) is 0 Å². The minimum absolute atomic E-state index is 0.0201. The molecule has 0 amide bonds. The highest BCUT2D eigenvalue weighted by Crippen LogP contribution is 2.11. The molecule has 0 saturated carbocycles. The van der Waals surface area contributed by atoms with Crippen molar-refractivity contribution in [2.45, 2.75) is 19.4 Å². The van der Waals surface area contributed by atoms with E-state index in [1.807, 2.05) is 0 Å². The number of nitrogens with one attached hydrogen (secondary N) is 1. The average Bonchev–Trinajstić information content (AvgIpc) is 2.96. The molecule has 0 bridgehead atoms. The average molecular weight is 280 g/mol. The number of hydrogen-bond donors (Lipinski definition) is 1. The van der Waals surface area contributed by atoms with Crippen LogP contribution in [0.1, 0.15) is 28.8 Å². The molecule has 1 aromatic carbocycles. The lowest BCUT2D eigenvalue weighted by Gasteiger charge is -2.14. The fourth-order valence-corrected chi connectivity index (χ4v) is 2.42. The summed E-state index contributed by atoms with van der Waals surface area (Å²) in [6.07, 6.45) is 2.58. The van der Waals surface area contributed by atoms with Crippen molar-refractivity contribution in [3.8, 4) is 0 Å². The normalized spacial score (nSPS) is 15.5. The number of carbonyl (C=O) groups excluding carboxylic acids is 1. The Morgan fingerprint density at radius 2 is 2.15 bits per heavy atom. The van der Waals surface area contributed by atoms with E-state index in [-0.39, 0.29) is 5.56 Å². The Morgan fingerprint density at radius 1 is 1.40 bits per heavy atom. The van der Waals surface area contributed by atoms with Gasteiger partial charge in [0.05, 0.1) is 12.7 Å². The topological polar surface area (TPSA) is 41.6 Å². The minimum atomic E-state index is -0.643. The quantitative estimate of drug-likeness (QED) is 0.637. The second kappa shape index (κ2) is 7.36. The lowest BCUT2D eigenvalue weighted by atomic mass is 10.1. The second-order valence-electron chi connectivity index (χ2n) is 5.03. The maximum atomic E-state index is 13.7. The van der Waals surface area contributed by atoms with Gasteiger partial charge in [0.2, 0.25) is 0 Å². The Labute approximate surface area is 118 Å². The standard InChI is InChI=1S/C15H21FN2O2/c1-20-15(19)13-5-4-12(10-14(13)16)11-17-6-9-18-7-2-3-8-18/h4-5,10,17H,2-3,6-9,11H2,1H3. The van der Waals surface area contributed by atoms with Gasteiger partial charge in [-0.1, -0.05) is 6.07 Å². The lowest BCUT2D eigenvalue weighted by molar-refractivity contribution is 0.0595. The van der Waals surface area contributed by atoms with Crippen molar-refractivity contribution >= 4 is 5.97 Å². The molecule has 1 saturated heterocycles. The Balaban J connectivity index is 1.78. The van der Waals surface area contributed by atoms with E-state index < -0.39 is 11.8 Å². The first-order valence-corrected chi connectivity index (χ1v) is 7.00. The van der Waals surface area contributed by atoms with E-state index in [2.05, 4.69) is 15.0 Å². The van der Waals surface area contributed by atoms with E-state index in [1.165, 1.54) is 45.2 Å². The molecule has 0 atom stereocenters. The summed E-state index contributed by atoms with van der Waals surface area (Å²) < 4.78 is 18.2. The molecular formula is C15H21FN2O2. The van der Waals surface area contributed by atoms with E-state index in [0.717, 1.165) is 18.7 Å². The van der Waals surface area contributed by atoms with Crippen LogP contribution in [0.5, 0.6) is 0 Å². The summed E-state index contributed by atoms with van der Waals surface area (Å²) in [5.74, 6) is -1.17. The van der Waals surface area contributed by atoms with E-state index in [1.54, 1.807) is 6.07 Å². The van der Waals surface area contributed by atoms with Gasteiger partial charge in [-0.2, -0.15) is 0 Å². The number of rotatable bonds is 6. The van der Waals surface area contributed by atoms with Crippen molar-refractivity contribution < 1.29 is 13.9 Å². The fourth-order valence-electron chi connectivity index (χ4n) is 2.42. The van der Waals surface area contributed by atoms with Gasteiger partial charge in [0.15, 0.2) is 0 Å². The molecule has 1 aromatic rings. The molecule has 110 valence electrons. The number of halogens is 1. The highest BCUT2D eigenvalue weighted by atomic mass is 19.1. The Morgan fingerprint density at radius 3 is 2.80 bits per heavy atom. The first-order valence-electron chi connectivity index (χ1n) is 7.00. The largest absolute Gasteiger partial charge is 0.465 e. The molecule has 1 aliphatic rings. The van der Waals surface area contributed by atoms with Gasteiger partial charge in [0.25, 0.3) is 0 Å². The fraction of sp³-hybridized carbons (Fsp3) is 0.533. The lowest BCUT2D eigenvalue weighted by Crippen LogP contribution is -2.29. The van der Waals surface area contributed by atoms with Crippen LogP contribution in [0.15, 0.2) is 18.2 Å². The monoisotopic (exact) mass is 280 g/mol. The first kappa shape index (κ1) is 14.9. The van der Waals surface area contributed by atoms with Gasteiger partial charge in [0, 0.05) is 19.6 Å². The number of carbonyl (C=O) groups is 1.